The number of rotatable bonds is 8. The molecule has 1 aromatic carbocycles. The predicted molar refractivity (Wildman–Crippen MR) is 73.4 cm³/mol. The van der Waals surface area contributed by atoms with Gasteiger partial charge in [-0.25, -0.2) is 0 Å². The van der Waals surface area contributed by atoms with E-state index >= 15 is 0 Å². The van der Waals surface area contributed by atoms with Crippen molar-refractivity contribution in [1.29, 1.82) is 0 Å². The largest absolute Gasteiger partial charge is 0.303 e. The highest BCUT2D eigenvalue weighted by atomic mass is 16.1. The van der Waals surface area contributed by atoms with Gasteiger partial charge in [0.15, 0.2) is 0 Å². The second-order valence-electron chi connectivity index (χ2n) is 4.83. The van der Waals surface area contributed by atoms with Gasteiger partial charge >= 0.3 is 0 Å². The molecular weight excluding hydrogens is 208 g/mol. The van der Waals surface area contributed by atoms with Crippen molar-refractivity contribution >= 4 is 6.29 Å². The maximum absolute atomic E-state index is 10.1. The number of carbonyl (C=O) groups is 1. The summed E-state index contributed by atoms with van der Waals surface area (Å²) in [5.74, 6) is 0. The second-order valence-corrected chi connectivity index (χ2v) is 4.83. The van der Waals surface area contributed by atoms with Gasteiger partial charge in [-0.15, -0.1) is 0 Å². The van der Waals surface area contributed by atoms with E-state index in [2.05, 4.69) is 32.0 Å². The molecule has 0 heterocycles. The van der Waals surface area contributed by atoms with Crippen LogP contribution >= 0.6 is 0 Å². The molecule has 0 aliphatic carbocycles. The second kappa shape index (κ2) is 8.05. The predicted octanol–water partition coefficient (Wildman–Crippen LogP) is 4.39. The van der Waals surface area contributed by atoms with Crippen LogP contribution in [0.1, 0.15) is 55.2 Å². The lowest BCUT2D eigenvalue weighted by Crippen LogP contribution is -1.92. The average Bonchev–Trinajstić information content (AvgIpc) is 2.33. The van der Waals surface area contributed by atoms with Gasteiger partial charge in [-0.2, -0.15) is 0 Å². The zero-order valence-electron chi connectivity index (χ0n) is 11.2. The Kier molecular flexibility index (Phi) is 6.61. The van der Waals surface area contributed by atoms with Crippen LogP contribution in [-0.4, -0.2) is 6.29 Å². The Bertz CT molecular complexity index is 341. The molecule has 1 nitrogen and oxygen atoms in total. The van der Waals surface area contributed by atoms with E-state index in [-0.39, 0.29) is 0 Å². The summed E-state index contributed by atoms with van der Waals surface area (Å²) in [6.07, 6.45) is 9.03. The minimum absolute atomic E-state index is 0.733. The molecule has 0 amide bonds. The van der Waals surface area contributed by atoms with E-state index in [1.54, 1.807) is 0 Å². The lowest BCUT2D eigenvalue weighted by Gasteiger charge is -2.08. The van der Waals surface area contributed by atoms with Crippen LogP contribution in [0.15, 0.2) is 18.2 Å². The lowest BCUT2D eigenvalue weighted by atomic mass is 9.98. The van der Waals surface area contributed by atoms with Gasteiger partial charge in [0, 0.05) is 6.42 Å². The normalized spacial score (nSPS) is 10.5. The maximum atomic E-state index is 10.1. The molecule has 0 aromatic heterocycles. The van der Waals surface area contributed by atoms with Gasteiger partial charge in [-0.05, 0) is 49.8 Å². The number of carbonyl (C=O) groups excluding carboxylic acids is 1. The van der Waals surface area contributed by atoms with Crippen LogP contribution in [-0.2, 0) is 11.2 Å². The average molecular weight is 232 g/mol. The van der Waals surface area contributed by atoms with Crippen molar-refractivity contribution in [3.8, 4) is 0 Å². The van der Waals surface area contributed by atoms with Gasteiger partial charge in [0.25, 0.3) is 0 Å². The van der Waals surface area contributed by atoms with Crippen molar-refractivity contribution in [2.24, 2.45) is 0 Å². The summed E-state index contributed by atoms with van der Waals surface area (Å²) in [5.41, 5.74) is 4.35. The van der Waals surface area contributed by atoms with Crippen molar-refractivity contribution in [2.45, 2.75) is 58.8 Å². The Hall–Kier alpha value is -1.11. The van der Waals surface area contributed by atoms with Crippen molar-refractivity contribution in [1.82, 2.24) is 0 Å². The fourth-order valence-corrected chi connectivity index (χ4v) is 2.16. The van der Waals surface area contributed by atoms with Crippen molar-refractivity contribution < 1.29 is 4.79 Å². The molecule has 0 radical (unpaired) electrons. The smallest absolute Gasteiger partial charge is 0.119 e. The highest BCUT2D eigenvalue weighted by molar-refractivity contribution is 5.48. The summed E-state index contributed by atoms with van der Waals surface area (Å²) in [6.45, 7) is 4.40. The van der Waals surface area contributed by atoms with E-state index in [0.717, 1.165) is 19.1 Å². The zero-order chi connectivity index (χ0) is 12.5. The Morgan fingerprint density at radius 2 is 1.71 bits per heavy atom. The Balaban J connectivity index is 2.18. The first-order valence-electron chi connectivity index (χ1n) is 6.74. The minimum Gasteiger partial charge on any atom is -0.303 e. The third-order valence-corrected chi connectivity index (χ3v) is 3.48. The number of hydrogen-bond donors (Lipinski definition) is 0. The van der Waals surface area contributed by atoms with Crippen molar-refractivity contribution in [3.63, 3.8) is 0 Å². The van der Waals surface area contributed by atoms with Crippen LogP contribution in [0.25, 0.3) is 0 Å². The third-order valence-electron chi connectivity index (χ3n) is 3.48. The Morgan fingerprint density at radius 1 is 1.00 bits per heavy atom. The first-order chi connectivity index (χ1) is 8.25. The fourth-order valence-electron chi connectivity index (χ4n) is 2.16. The molecule has 0 atom stereocenters. The first-order valence-corrected chi connectivity index (χ1v) is 6.74. The Labute approximate surface area is 105 Å². The van der Waals surface area contributed by atoms with E-state index in [1.165, 1.54) is 48.8 Å². The molecule has 0 bridgehead atoms. The monoisotopic (exact) mass is 232 g/mol. The molecule has 0 aliphatic heterocycles. The van der Waals surface area contributed by atoms with Gasteiger partial charge in [-0.3, -0.25) is 0 Å². The summed E-state index contributed by atoms with van der Waals surface area (Å²) in [7, 11) is 0. The molecule has 1 rings (SSSR count). The maximum Gasteiger partial charge on any atom is 0.119 e. The van der Waals surface area contributed by atoms with Gasteiger partial charge < -0.3 is 4.79 Å². The molecule has 0 fully saturated rings. The van der Waals surface area contributed by atoms with Gasteiger partial charge in [0.05, 0.1) is 0 Å². The van der Waals surface area contributed by atoms with Crippen molar-refractivity contribution in [3.05, 3.63) is 34.9 Å². The third kappa shape index (κ3) is 5.16. The van der Waals surface area contributed by atoms with Crippen LogP contribution in [0.5, 0.6) is 0 Å². The van der Waals surface area contributed by atoms with E-state index in [0.29, 0.717) is 0 Å². The van der Waals surface area contributed by atoms with Crippen molar-refractivity contribution in [2.75, 3.05) is 0 Å². The molecule has 1 aromatic rings. The van der Waals surface area contributed by atoms with Crippen LogP contribution in [0.2, 0.25) is 0 Å². The Morgan fingerprint density at radius 3 is 2.47 bits per heavy atom. The number of aryl methyl sites for hydroxylation is 2. The summed E-state index contributed by atoms with van der Waals surface area (Å²) >= 11 is 0. The van der Waals surface area contributed by atoms with Gasteiger partial charge in [0.1, 0.15) is 6.29 Å². The molecule has 0 unspecified atom stereocenters. The molecule has 0 aliphatic rings. The molecule has 0 spiro atoms. The van der Waals surface area contributed by atoms with Crippen LogP contribution < -0.4 is 0 Å². The van der Waals surface area contributed by atoms with Crippen LogP contribution in [0, 0.1) is 13.8 Å². The van der Waals surface area contributed by atoms with Gasteiger partial charge in [0.2, 0.25) is 0 Å². The van der Waals surface area contributed by atoms with E-state index in [4.69, 9.17) is 0 Å². The fraction of sp³-hybridized carbons (Fsp3) is 0.562. The zero-order valence-corrected chi connectivity index (χ0v) is 11.2. The molecule has 94 valence electrons. The van der Waals surface area contributed by atoms with Crippen LogP contribution in [0.4, 0.5) is 0 Å². The molecule has 0 N–H and O–H groups in total. The van der Waals surface area contributed by atoms with E-state index in [1.807, 2.05) is 0 Å². The summed E-state index contributed by atoms with van der Waals surface area (Å²) in [6, 6.07) is 6.58. The number of unbranched alkanes of at least 4 members (excludes halogenated alkanes) is 5. The first kappa shape index (κ1) is 14.0. The highest BCUT2D eigenvalue weighted by Gasteiger charge is 2.00. The molecule has 0 saturated carbocycles. The molecule has 17 heavy (non-hydrogen) atoms. The molecule has 0 saturated heterocycles. The minimum atomic E-state index is 0.733. The van der Waals surface area contributed by atoms with Gasteiger partial charge in [-0.1, -0.05) is 37.5 Å². The number of benzene rings is 1. The number of hydrogen-bond acceptors (Lipinski definition) is 1. The topological polar surface area (TPSA) is 17.1 Å². The van der Waals surface area contributed by atoms with E-state index in [9.17, 15) is 4.79 Å². The standard InChI is InChI=1S/C16H24O/c1-14-10-9-12-16(15(14)2)11-7-5-3-4-6-8-13-17/h9-10,12-13H,3-8,11H2,1-2H3. The molecule has 1 heteroatoms. The SMILES string of the molecule is Cc1cccc(CCCCCCCC=O)c1C. The highest BCUT2D eigenvalue weighted by Crippen LogP contribution is 2.16. The van der Waals surface area contributed by atoms with Crippen LogP contribution in [0.3, 0.4) is 0 Å². The number of aldehydes is 1. The molecular formula is C16H24O. The quantitative estimate of drug-likeness (QED) is 0.480. The summed E-state index contributed by atoms with van der Waals surface area (Å²) in [5, 5.41) is 0. The summed E-state index contributed by atoms with van der Waals surface area (Å²) in [4.78, 5) is 10.1. The summed E-state index contributed by atoms with van der Waals surface area (Å²) < 4.78 is 0. The van der Waals surface area contributed by atoms with E-state index < -0.39 is 0 Å². The lowest BCUT2D eigenvalue weighted by molar-refractivity contribution is -0.107.